The average molecular weight is 266 g/mol. The van der Waals surface area contributed by atoms with Crippen LogP contribution < -0.4 is 5.73 Å². The van der Waals surface area contributed by atoms with E-state index >= 15 is 0 Å². The van der Waals surface area contributed by atoms with Gasteiger partial charge < -0.3 is 10.5 Å². The summed E-state index contributed by atoms with van der Waals surface area (Å²) >= 11 is 1.33. The molecule has 0 aromatic heterocycles. The molecule has 0 heterocycles. The maximum atomic E-state index is 11.8. The van der Waals surface area contributed by atoms with E-state index in [1.807, 2.05) is 6.26 Å². The Labute approximate surface area is 112 Å². The van der Waals surface area contributed by atoms with Crippen molar-refractivity contribution in [3.63, 3.8) is 0 Å². The fraction of sp³-hybridized carbons (Fsp3) is 0.385. The molecule has 1 aliphatic rings. The zero-order chi connectivity index (χ0) is 13.7. The van der Waals surface area contributed by atoms with E-state index in [0.717, 1.165) is 12.8 Å². The van der Waals surface area contributed by atoms with Crippen LogP contribution in [0, 0.1) is 5.92 Å². The van der Waals surface area contributed by atoms with Crippen molar-refractivity contribution in [1.82, 2.24) is 0 Å². The van der Waals surface area contributed by atoms with E-state index in [0.29, 0.717) is 22.2 Å². The molecule has 0 saturated heterocycles. The summed E-state index contributed by atoms with van der Waals surface area (Å²) in [6.07, 6.45) is 5.48. The van der Waals surface area contributed by atoms with Gasteiger partial charge in [0.25, 0.3) is 0 Å². The molecule has 18 heavy (non-hydrogen) atoms. The Morgan fingerprint density at radius 3 is 2.56 bits per heavy atom. The van der Waals surface area contributed by atoms with E-state index in [-0.39, 0.29) is 5.71 Å². The number of ether oxygens (including phenoxy) is 1. The molecule has 0 radical (unpaired) electrons. The summed E-state index contributed by atoms with van der Waals surface area (Å²) in [4.78, 5) is 16.0. The maximum absolute atomic E-state index is 11.8. The molecule has 4 nitrogen and oxygen atoms in total. The molecule has 98 valence electrons. The molecule has 2 N–H and O–H groups in total. The Balaban J connectivity index is 3.15. The number of hydrogen-bond donors (Lipinski definition) is 1. The van der Waals surface area contributed by atoms with Gasteiger partial charge in [-0.1, -0.05) is 19.2 Å². The van der Waals surface area contributed by atoms with Gasteiger partial charge >= 0.3 is 5.97 Å². The third kappa shape index (κ3) is 3.50. The third-order valence-corrected chi connectivity index (χ3v) is 3.29. The summed E-state index contributed by atoms with van der Waals surface area (Å²) in [6.45, 7) is 7.54. The predicted octanol–water partition coefficient (Wildman–Crippen LogP) is 2.24. The molecule has 0 bridgehead atoms. The van der Waals surface area contributed by atoms with Gasteiger partial charge in [0.15, 0.2) is 5.71 Å². The molecule has 0 amide bonds. The van der Waals surface area contributed by atoms with Gasteiger partial charge in [0.1, 0.15) is 0 Å². The summed E-state index contributed by atoms with van der Waals surface area (Å²) in [5, 5.41) is 0.484. The number of aliphatic imine (C=N–C) groups is 1. The summed E-state index contributed by atoms with van der Waals surface area (Å²) < 4.78 is 4.73. The number of allylic oxidation sites excluding steroid dienone is 2. The van der Waals surface area contributed by atoms with Crippen LogP contribution in [-0.2, 0) is 9.53 Å². The van der Waals surface area contributed by atoms with Gasteiger partial charge in [0.05, 0.1) is 12.1 Å². The van der Waals surface area contributed by atoms with Crippen molar-refractivity contribution in [2.24, 2.45) is 16.6 Å². The number of carbonyl (C=O) groups is 1. The molecule has 0 atom stereocenters. The van der Waals surface area contributed by atoms with Gasteiger partial charge in [0, 0.05) is 17.2 Å². The fourth-order valence-corrected chi connectivity index (χ4v) is 1.79. The molecule has 0 aromatic rings. The number of rotatable bonds is 6. The first-order valence-electron chi connectivity index (χ1n) is 5.57. The first kappa shape index (κ1) is 14.6. The second-order valence-corrected chi connectivity index (χ2v) is 4.75. The monoisotopic (exact) mass is 266 g/mol. The third-order valence-electron chi connectivity index (χ3n) is 2.63. The first-order valence-corrected chi connectivity index (χ1v) is 6.80. The average Bonchev–Trinajstić information content (AvgIpc) is 3.21. The molecule has 1 fully saturated rings. The van der Waals surface area contributed by atoms with Crippen molar-refractivity contribution in [2.45, 2.75) is 12.8 Å². The highest BCUT2D eigenvalue weighted by Gasteiger charge is 2.27. The van der Waals surface area contributed by atoms with Gasteiger partial charge in [0.2, 0.25) is 0 Å². The molecular formula is C13H18N2O2S. The van der Waals surface area contributed by atoms with Crippen LogP contribution >= 0.6 is 11.8 Å². The lowest BCUT2D eigenvalue weighted by Gasteiger charge is -2.09. The summed E-state index contributed by atoms with van der Waals surface area (Å²) in [5.41, 5.74) is 7.21. The van der Waals surface area contributed by atoms with Gasteiger partial charge in [-0.3, -0.25) is 0 Å². The van der Waals surface area contributed by atoms with Gasteiger partial charge in [-0.05, 0) is 19.1 Å². The zero-order valence-electron chi connectivity index (χ0n) is 10.7. The molecule has 0 unspecified atom stereocenters. The van der Waals surface area contributed by atoms with Crippen molar-refractivity contribution in [2.75, 3.05) is 13.4 Å². The van der Waals surface area contributed by atoms with Crippen LogP contribution in [0.5, 0.6) is 0 Å². The van der Waals surface area contributed by atoms with Crippen molar-refractivity contribution in [3.05, 3.63) is 35.5 Å². The Morgan fingerprint density at radius 2 is 2.17 bits per heavy atom. The summed E-state index contributed by atoms with van der Waals surface area (Å²) in [5.74, 6) is -0.144. The van der Waals surface area contributed by atoms with E-state index in [1.54, 1.807) is 0 Å². The van der Waals surface area contributed by atoms with Crippen LogP contribution in [-0.4, -0.2) is 25.0 Å². The highest BCUT2D eigenvalue weighted by molar-refractivity contribution is 8.02. The van der Waals surface area contributed by atoms with E-state index in [9.17, 15) is 4.79 Å². The normalized spacial score (nSPS) is 16.9. The Bertz CT molecular complexity index is 434. The Hall–Kier alpha value is -1.49. The van der Waals surface area contributed by atoms with Crippen molar-refractivity contribution in [3.8, 4) is 0 Å². The van der Waals surface area contributed by atoms with E-state index in [2.05, 4.69) is 18.2 Å². The molecule has 1 rings (SSSR count). The SMILES string of the molecule is C=CC(/C(=N\C(=C)C1CC1)C(=O)OC)=C(/N)SC. The lowest BCUT2D eigenvalue weighted by atomic mass is 10.1. The number of thioether (sulfide) groups is 1. The number of esters is 1. The number of nitrogens with two attached hydrogens (primary N) is 1. The maximum Gasteiger partial charge on any atom is 0.357 e. The minimum Gasteiger partial charge on any atom is -0.464 e. The van der Waals surface area contributed by atoms with Gasteiger partial charge in [-0.2, -0.15) is 0 Å². The van der Waals surface area contributed by atoms with Crippen LogP contribution in [0.3, 0.4) is 0 Å². The minimum absolute atomic E-state index is 0.177. The van der Waals surface area contributed by atoms with E-state index in [1.165, 1.54) is 24.9 Å². The number of methoxy groups -OCH3 is 1. The van der Waals surface area contributed by atoms with E-state index in [4.69, 9.17) is 10.5 Å². The quantitative estimate of drug-likeness (QED) is 0.455. The highest BCUT2D eigenvalue weighted by Crippen LogP contribution is 2.36. The smallest absolute Gasteiger partial charge is 0.357 e. The number of carbonyl (C=O) groups excluding carboxylic acids is 1. The van der Waals surface area contributed by atoms with Crippen LogP contribution in [0.15, 0.2) is 40.5 Å². The zero-order valence-corrected chi connectivity index (χ0v) is 11.5. The second kappa shape index (κ2) is 6.44. The molecule has 0 aliphatic heterocycles. The van der Waals surface area contributed by atoms with E-state index < -0.39 is 5.97 Å². The minimum atomic E-state index is -0.524. The molecule has 1 saturated carbocycles. The van der Waals surface area contributed by atoms with Crippen molar-refractivity contribution in [1.29, 1.82) is 0 Å². The largest absolute Gasteiger partial charge is 0.464 e. The summed E-state index contributed by atoms with van der Waals surface area (Å²) in [6, 6.07) is 0. The lowest BCUT2D eigenvalue weighted by Crippen LogP contribution is -2.20. The predicted molar refractivity (Wildman–Crippen MR) is 76.2 cm³/mol. The lowest BCUT2D eigenvalue weighted by molar-refractivity contribution is -0.132. The molecule has 0 aromatic carbocycles. The first-order chi connectivity index (χ1) is 8.54. The molecule has 0 spiro atoms. The Kier molecular flexibility index (Phi) is 5.22. The van der Waals surface area contributed by atoms with Crippen LogP contribution in [0.25, 0.3) is 0 Å². The van der Waals surface area contributed by atoms with Gasteiger partial charge in [-0.25, -0.2) is 9.79 Å². The standard InChI is InChI=1S/C13H18N2O2S/c1-5-10(12(14)18-4)11(13(16)17-3)15-8(2)9-6-7-9/h5,9H,1-2,6-7,14H2,3-4H3/b12-10+,15-11+. The molecular weight excluding hydrogens is 248 g/mol. The molecule has 5 heteroatoms. The van der Waals surface area contributed by atoms with Crippen molar-refractivity contribution >= 4 is 23.4 Å². The topological polar surface area (TPSA) is 64.7 Å². The second-order valence-electron chi connectivity index (χ2n) is 3.90. The number of nitrogens with zero attached hydrogens (tertiary/aromatic N) is 1. The fourth-order valence-electron chi connectivity index (χ4n) is 1.39. The van der Waals surface area contributed by atoms with Crippen LogP contribution in [0.4, 0.5) is 0 Å². The molecule has 1 aliphatic carbocycles. The highest BCUT2D eigenvalue weighted by atomic mass is 32.2. The van der Waals surface area contributed by atoms with Gasteiger partial charge in [-0.15, -0.1) is 11.8 Å². The van der Waals surface area contributed by atoms with Crippen LogP contribution in [0.1, 0.15) is 12.8 Å². The van der Waals surface area contributed by atoms with Crippen molar-refractivity contribution < 1.29 is 9.53 Å². The number of hydrogen-bond acceptors (Lipinski definition) is 5. The Morgan fingerprint density at radius 1 is 1.56 bits per heavy atom. The van der Waals surface area contributed by atoms with Crippen LogP contribution in [0.2, 0.25) is 0 Å². The summed E-state index contributed by atoms with van der Waals surface area (Å²) in [7, 11) is 1.31.